The van der Waals surface area contributed by atoms with Crippen LogP contribution in [0.1, 0.15) is 37.3 Å². The number of nitrogen functional groups attached to an aromatic ring is 1. The van der Waals surface area contributed by atoms with E-state index in [0.717, 1.165) is 5.56 Å². The third-order valence-electron chi connectivity index (χ3n) is 5.73. The normalized spacial score (nSPS) is 11.4. The van der Waals surface area contributed by atoms with Gasteiger partial charge in [0, 0.05) is 12.2 Å². The van der Waals surface area contributed by atoms with Gasteiger partial charge in [0.1, 0.15) is 22.5 Å². The number of aromatic nitrogens is 1. The zero-order valence-corrected chi connectivity index (χ0v) is 21.1. The third-order valence-corrected chi connectivity index (χ3v) is 6.58. The number of hydrogen-bond acceptors (Lipinski definition) is 7. The first-order chi connectivity index (χ1) is 18.3. The molecule has 1 aromatic heterocycles. The van der Waals surface area contributed by atoms with Crippen LogP contribution < -0.4 is 26.4 Å². The highest BCUT2D eigenvalue weighted by Crippen LogP contribution is 2.34. The van der Waals surface area contributed by atoms with Gasteiger partial charge < -0.3 is 21.5 Å². The number of ether oxygens (including phenoxy) is 1. The number of halogens is 1. The highest BCUT2D eigenvalue weighted by molar-refractivity contribution is 7.09. The highest BCUT2D eigenvalue weighted by atomic mass is 32.1. The molecule has 1 atom stereocenters. The quantitative estimate of drug-likeness (QED) is 0.300. The monoisotopic (exact) mass is 533 g/mol. The number of benzene rings is 3. The average Bonchev–Trinajstić information content (AvgIpc) is 3.33. The second kappa shape index (κ2) is 11.5. The van der Waals surface area contributed by atoms with Crippen molar-refractivity contribution in [1.29, 1.82) is 0 Å². The van der Waals surface area contributed by atoms with Crippen molar-refractivity contribution >= 4 is 40.6 Å². The summed E-state index contributed by atoms with van der Waals surface area (Å²) in [5, 5.41) is 2.88. The zero-order valence-electron chi connectivity index (χ0n) is 20.3. The summed E-state index contributed by atoms with van der Waals surface area (Å²) in [5.74, 6) is -2.08. The Morgan fingerprint density at radius 2 is 1.68 bits per heavy atom. The minimum absolute atomic E-state index is 0.0857. The van der Waals surface area contributed by atoms with E-state index in [4.69, 9.17) is 16.2 Å². The van der Waals surface area contributed by atoms with Gasteiger partial charge >= 0.3 is 0 Å². The van der Waals surface area contributed by atoms with Gasteiger partial charge in [0.05, 0.1) is 12.8 Å². The first-order valence-electron chi connectivity index (χ1n) is 11.4. The summed E-state index contributed by atoms with van der Waals surface area (Å²) in [4.78, 5) is 40.6. The lowest BCUT2D eigenvalue weighted by Crippen LogP contribution is -2.44. The number of anilines is 2. The van der Waals surface area contributed by atoms with Crippen molar-refractivity contribution in [3.05, 3.63) is 106 Å². The Hall–Kier alpha value is -4.77. The van der Waals surface area contributed by atoms with Gasteiger partial charge in [-0.3, -0.25) is 19.3 Å². The van der Waals surface area contributed by atoms with E-state index in [0.29, 0.717) is 22.8 Å². The van der Waals surface area contributed by atoms with Crippen molar-refractivity contribution < 1.29 is 23.5 Å². The number of nitrogens with zero attached hydrogens (tertiary/aromatic N) is 2. The third kappa shape index (κ3) is 5.62. The van der Waals surface area contributed by atoms with E-state index in [-0.39, 0.29) is 28.5 Å². The molecule has 0 spiro atoms. The Balaban J connectivity index is 1.82. The summed E-state index contributed by atoms with van der Waals surface area (Å²) in [6.45, 7) is 0.201. The van der Waals surface area contributed by atoms with E-state index >= 15 is 0 Å². The number of nitrogens with one attached hydrogen (secondary N) is 1. The number of amides is 3. The maximum Gasteiger partial charge on any atom is 0.273 e. The first-order valence-corrected chi connectivity index (χ1v) is 12.2. The van der Waals surface area contributed by atoms with Gasteiger partial charge in [-0.1, -0.05) is 42.5 Å². The number of rotatable bonds is 9. The molecule has 0 aliphatic rings. The van der Waals surface area contributed by atoms with Crippen LogP contribution in [0.25, 0.3) is 0 Å². The molecule has 4 rings (SSSR count). The largest absolute Gasteiger partial charge is 0.497 e. The number of primary amides is 1. The van der Waals surface area contributed by atoms with Crippen LogP contribution in [0.3, 0.4) is 0 Å². The summed E-state index contributed by atoms with van der Waals surface area (Å²) in [6.07, 6.45) is 0. The highest BCUT2D eigenvalue weighted by Gasteiger charge is 2.36. The topological polar surface area (TPSA) is 141 Å². The van der Waals surface area contributed by atoms with E-state index in [1.807, 2.05) is 30.3 Å². The van der Waals surface area contributed by atoms with E-state index in [9.17, 15) is 18.8 Å². The Morgan fingerprint density at radius 3 is 2.26 bits per heavy atom. The number of carbonyl (C=O) groups excluding carboxylic acids is 3. The molecule has 0 fully saturated rings. The molecule has 3 amide bonds. The maximum absolute atomic E-state index is 14.0. The van der Waals surface area contributed by atoms with Crippen molar-refractivity contribution in [3.63, 3.8) is 0 Å². The van der Waals surface area contributed by atoms with E-state index < -0.39 is 29.6 Å². The molecule has 38 heavy (non-hydrogen) atoms. The minimum Gasteiger partial charge on any atom is -0.497 e. The van der Waals surface area contributed by atoms with Crippen LogP contribution in [-0.4, -0.2) is 29.2 Å². The Labute approximate surface area is 222 Å². The second-order valence-corrected chi connectivity index (χ2v) is 8.94. The van der Waals surface area contributed by atoms with Crippen LogP contribution in [0.4, 0.5) is 15.8 Å². The molecule has 0 saturated carbocycles. The van der Waals surface area contributed by atoms with Crippen molar-refractivity contribution in [1.82, 2.24) is 9.69 Å². The van der Waals surface area contributed by atoms with Crippen LogP contribution in [0.15, 0.2) is 78.9 Å². The summed E-state index contributed by atoms with van der Waals surface area (Å²) in [5.41, 5.74) is 12.5. The SMILES string of the molecule is COc1ccc([C@@H](C(=O)NCc2ccccc2)N(C(=O)c2snc(C(N)=O)c2N)c2ccc(F)cc2)cc1. The van der Waals surface area contributed by atoms with Crippen LogP contribution in [-0.2, 0) is 11.3 Å². The van der Waals surface area contributed by atoms with Crippen molar-refractivity contribution in [2.75, 3.05) is 17.7 Å². The Bertz CT molecular complexity index is 1440. The van der Waals surface area contributed by atoms with Crippen LogP contribution in [0.5, 0.6) is 5.75 Å². The van der Waals surface area contributed by atoms with Gasteiger partial charge in [-0.05, 0) is 59.1 Å². The Kier molecular flexibility index (Phi) is 7.97. The van der Waals surface area contributed by atoms with E-state index in [2.05, 4.69) is 9.69 Å². The van der Waals surface area contributed by atoms with Gasteiger partial charge in [0.2, 0.25) is 5.91 Å². The molecule has 1 heterocycles. The van der Waals surface area contributed by atoms with Crippen molar-refractivity contribution in [3.8, 4) is 5.75 Å². The van der Waals surface area contributed by atoms with Gasteiger partial charge in [0.15, 0.2) is 5.69 Å². The number of hydrogen-bond donors (Lipinski definition) is 3. The Morgan fingerprint density at radius 1 is 1.03 bits per heavy atom. The molecule has 0 aliphatic carbocycles. The molecular weight excluding hydrogens is 509 g/mol. The molecule has 0 aliphatic heterocycles. The molecule has 9 nitrogen and oxygen atoms in total. The van der Waals surface area contributed by atoms with E-state index in [1.165, 1.54) is 36.3 Å². The molecule has 0 radical (unpaired) electrons. The molecule has 0 unspecified atom stereocenters. The van der Waals surface area contributed by atoms with Gasteiger partial charge in [0.25, 0.3) is 11.8 Å². The fourth-order valence-corrected chi connectivity index (χ4v) is 4.55. The van der Waals surface area contributed by atoms with Crippen LogP contribution in [0, 0.1) is 5.82 Å². The molecule has 194 valence electrons. The summed E-state index contributed by atoms with van der Waals surface area (Å²) < 4.78 is 23.0. The second-order valence-electron chi connectivity index (χ2n) is 8.17. The molecule has 0 bridgehead atoms. The lowest BCUT2D eigenvalue weighted by Gasteiger charge is -2.31. The van der Waals surface area contributed by atoms with Gasteiger partial charge in [-0.25, -0.2) is 4.39 Å². The lowest BCUT2D eigenvalue weighted by molar-refractivity contribution is -0.122. The predicted molar refractivity (Wildman–Crippen MR) is 142 cm³/mol. The predicted octanol–water partition coefficient (Wildman–Crippen LogP) is 3.68. The van der Waals surface area contributed by atoms with Crippen LogP contribution in [0.2, 0.25) is 0 Å². The molecule has 3 aromatic carbocycles. The number of methoxy groups -OCH3 is 1. The van der Waals surface area contributed by atoms with Gasteiger partial charge in [-0.15, -0.1) is 0 Å². The smallest absolute Gasteiger partial charge is 0.273 e. The number of carbonyl (C=O) groups is 3. The standard InChI is InChI=1S/C27H24FN5O4S/c1-37-20-13-7-17(8-14-20)23(26(35)31-15-16-5-3-2-4-6-16)33(19-11-9-18(28)10-12-19)27(36)24-21(29)22(25(30)34)32-38-24/h2-14,23H,15,29H2,1H3,(H2,30,34)(H,31,35)/t23-/m0/s1. The molecule has 4 aromatic rings. The fourth-order valence-electron chi connectivity index (χ4n) is 3.81. The summed E-state index contributed by atoms with van der Waals surface area (Å²) in [6, 6.07) is 19.8. The van der Waals surface area contributed by atoms with Crippen molar-refractivity contribution in [2.24, 2.45) is 5.73 Å². The molecule has 11 heteroatoms. The average molecular weight is 534 g/mol. The lowest BCUT2D eigenvalue weighted by atomic mass is 10.0. The van der Waals surface area contributed by atoms with Gasteiger partial charge in [-0.2, -0.15) is 4.37 Å². The molecule has 5 N–H and O–H groups in total. The number of nitrogens with two attached hydrogens (primary N) is 2. The van der Waals surface area contributed by atoms with Crippen molar-refractivity contribution in [2.45, 2.75) is 12.6 Å². The molecular formula is C27H24FN5O4S. The first kappa shape index (κ1) is 26.3. The summed E-state index contributed by atoms with van der Waals surface area (Å²) >= 11 is 0.687. The molecule has 0 saturated heterocycles. The zero-order chi connectivity index (χ0) is 27.2. The van der Waals surface area contributed by atoms with Crippen LogP contribution >= 0.6 is 11.5 Å². The van der Waals surface area contributed by atoms with E-state index in [1.54, 1.807) is 24.3 Å². The minimum atomic E-state index is -1.21. The maximum atomic E-state index is 14.0. The summed E-state index contributed by atoms with van der Waals surface area (Å²) in [7, 11) is 1.51. The fraction of sp³-hybridized carbons (Fsp3) is 0.111.